The van der Waals surface area contributed by atoms with Crippen molar-refractivity contribution in [3.8, 4) is 0 Å². The molecule has 2 fully saturated rings. The molecule has 0 saturated carbocycles. The van der Waals surface area contributed by atoms with Gasteiger partial charge in [-0.05, 0) is 38.4 Å². The first-order valence-corrected chi connectivity index (χ1v) is 10.3. The Kier molecular flexibility index (Phi) is 8.71. The number of nitrogens with zero attached hydrogens (tertiary/aromatic N) is 4. The Bertz CT molecular complexity index is 893. The van der Waals surface area contributed by atoms with E-state index in [2.05, 4.69) is 9.97 Å². The lowest BCUT2D eigenvalue weighted by molar-refractivity contribution is -0.147. The molecule has 34 heavy (non-hydrogen) atoms. The van der Waals surface area contributed by atoms with Crippen LogP contribution in [0.1, 0.15) is 0 Å². The van der Waals surface area contributed by atoms with Gasteiger partial charge in [-0.25, -0.2) is 0 Å². The summed E-state index contributed by atoms with van der Waals surface area (Å²) >= 11 is 0. The van der Waals surface area contributed by atoms with Gasteiger partial charge in [0.05, 0.1) is 26.2 Å². The number of pyridine rings is 2. The fourth-order valence-electron chi connectivity index (χ4n) is 2.94. The van der Waals surface area contributed by atoms with E-state index in [4.69, 9.17) is 18.6 Å². The number of hydrogen-bond donors (Lipinski definition) is 0. The molecular weight excluding hydrogens is 446 g/mol. The van der Waals surface area contributed by atoms with E-state index in [-0.39, 0.29) is 26.2 Å². The van der Waals surface area contributed by atoms with Crippen LogP contribution in [-0.2, 0) is 37.8 Å². The van der Waals surface area contributed by atoms with Crippen molar-refractivity contribution < 1.29 is 37.8 Å². The van der Waals surface area contributed by atoms with Crippen molar-refractivity contribution in [3.05, 3.63) is 48.8 Å². The highest BCUT2D eigenvalue weighted by atomic mass is 16.6. The second-order valence-electron chi connectivity index (χ2n) is 7.48. The molecule has 0 bridgehead atoms. The van der Waals surface area contributed by atoms with E-state index in [9.17, 15) is 19.2 Å². The minimum Gasteiger partial charge on any atom is -0.493 e. The van der Waals surface area contributed by atoms with Gasteiger partial charge in [0.25, 0.3) is 0 Å². The first kappa shape index (κ1) is 24.9. The molecule has 12 nitrogen and oxygen atoms in total. The lowest BCUT2D eigenvalue weighted by Crippen LogP contribution is -2.48. The number of carbonyl (C=O) groups excluding carboxylic acids is 4. The minimum absolute atomic E-state index is 0.0540. The first-order valence-electron chi connectivity index (χ1n) is 10.3. The fourth-order valence-corrected chi connectivity index (χ4v) is 2.94. The van der Waals surface area contributed by atoms with Crippen molar-refractivity contribution in [2.75, 3.05) is 40.3 Å². The van der Waals surface area contributed by atoms with Crippen molar-refractivity contribution in [1.29, 1.82) is 0 Å². The van der Waals surface area contributed by atoms with Crippen LogP contribution in [0.5, 0.6) is 0 Å². The van der Waals surface area contributed by atoms with E-state index in [0.29, 0.717) is 11.2 Å². The van der Waals surface area contributed by atoms with Gasteiger partial charge in [-0.1, -0.05) is 12.1 Å². The van der Waals surface area contributed by atoms with Gasteiger partial charge in [0.1, 0.15) is 11.2 Å². The standard InChI is InChI=1S/2C10H11BN2O4/c2*1-13-6-9(14)16-11(17-10(15)7-13)8-4-2-3-5-12-8/h2*2-5H,6-7H2,1H3. The van der Waals surface area contributed by atoms with Crippen LogP contribution < -0.4 is 11.2 Å². The maximum atomic E-state index is 11.5. The highest BCUT2D eigenvalue weighted by Gasteiger charge is 2.35. The van der Waals surface area contributed by atoms with E-state index < -0.39 is 38.1 Å². The molecule has 0 spiro atoms. The van der Waals surface area contributed by atoms with E-state index in [0.717, 1.165) is 0 Å². The molecule has 4 heterocycles. The van der Waals surface area contributed by atoms with Crippen molar-refractivity contribution in [2.45, 2.75) is 0 Å². The third-order valence-electron chi connectivity index (χ3n) is 4.41. The van der Waals surface area contributed by atoms with Crippen molar-refractivity contribution in [2.24, 2.45) is 0 Å². The summed E-state index contributed by atoms with van der Waals surface area (Å²) in [4.78, 5) is 56.9. The highest BCUT2D eigenvalue weighted by molar-refractivity contribution is 6.64. The summed E-state index contributed by atoms with van der Waals surface area (Å²) in [5, 5.41) is 0. The predicted molar refractivity (Wildman–Crippen MR) is 119 cm³/mol. The molecule has 0 radical (unpaired) electrons. The van der Waals surface area contributed by atoms with Gasteiger partial charge < -0.3 is 18.6 Å². The lowest BCUT2D eigenvalue weighted by Gasteiger charge is -2.22. The summed E-state index contributed by atoms with van der Waals surface area (Å²) in [5.74, 6) is -1.79. The van der Waals surface area contributed by atoms with Gasteiger partial charge in [0.15, 0.2) is 0 Å². The quantitative estimate of drug-likeness (QED) is 0.435. The van der Waals surface area contributed by atoms with Gasteiger partial charge in [-0.2, -0.15) is 0 Å². The zero-order valence-corrected chi connectivity index (χ0v) is 18.7. The van der Waals surface area contributed by atoms with Crippen LogP contribution >= 0.6 is 0 Å². The van der Waals surface area contributed by atoms with Crippen molar-refractivity contribution in [1.82, 2.24) is 19.8 Å². The summed E-state index contributed by atoms with van der Waals surface area (Å²) in [5.41, 5.74) is 0.803. The van der Waals surface area contributed by atoms with Crippen LogP contribution in [0.3, 0.4) is 0 Å². The Morgan fingerprint density at radius 1 is 0.618 bits per heavy atom. The van der Waals surface area contributed by atoms with Crippen LogP contribution in [0.25, 0.3) is 0 Å². The van der Waals surface area contributed by atoms with Crippen molar-refractivity contribution >= 4 is 49.3 Å². The third kappa shape index (κ3) is 7.67. The zero-order chi connectivity index (χ0) is 24.5. The van der Waals surface area contributed by atoms with Crippen LogP contribution in [0.4, 0.5) is 0 Å². The molecular formula is C20H22B2N4O8. The van der Waals surface area contributed by atoms with Gasteiger partial charge in [-0.15, -0.1) is 0 Å². The topological polar surface area (TPSA) is 137 Å². The molecule has 2 aromatic rings. The number of likely N-dealkylation sites (N-methyl/N-ethyl adjacent to an activating group) is 2. The second-order valence-corrected chi connectivity index (χ2v) is 7.48. The first-order chi connectivity index (χ1) is 16.3. The molecule has 4 rings (SSSR count). The average molecular weight is 468 g/mol. The molecule has 2 saturated heterocycles. The summed E-state index contributed by atoms with van der Waals surface area (Å²) in [6.07, 6.45) is 3.09. The van der Waals surface area contributed by atoms with Gasteiger partial charge in [-0.3, -0.25) is 38.9 Å². The number of rotatable bonds is 2. The van der Waals surface area contributed by atoms with E-state index in [1.54, 1.807) is 62.9 Å². The monoisotopic (exact) mass is 468 g/mol. The maximum Gasteiger partial charge on any atom is 0.656 e. The normalized spacial score (nSPS) is 18.1. The molecule has 2 aliphatic rings. The molecule has 2 aliphatic heterocycles. The van der Waals surface area contributed by atoms with Crippen LogP contribution in [0.2, 0.25) is 0 Å². The van der Waals surface area contributed by atoms with Gasteiger partial charge in [0, 0.05) is 12.4 Å². The van der Waals surface area contributed by atoms with Gasteiger partial charge >= 0.3 is 38.1 Å². The van der Waals surface area contributed by atoms with E-state index in [1.807, 2.05) is 0 Å². The smallest absolute Gasteiger partial charge is 0.493 e. The molecule has 14 heteroatoms. The molecule has 2 aromatic heterocycles. The minimum atomic E-state index is -1.05. The van der Waals surface area contributed by atoms with Crippen LogP contribution in [0, 0.1) is 0 Å². The Labute approximate surface area is 196 Å². The van der Waals surface area contributed by atoms with Crippen LogP contribution in [0.15, 0.2) is 48.8 Å². The number of carbonyl (C=O) groups is 4. The molecule has 0 aliphatic carbocycles. The Hall–Kier alpha value is -3.77. The molecule has 0 atom stereocenters. The largest absolute Gasteiger partial charge is 0.656 e. The third-order valence-corrected chi connectivity index (χ3v) is 4.41. The Morgan fingerprint density at radius 2 is 0.941 bits per heavy atom. The number of aromatic nitrogens is 2. The Balaban J connectivity index is 0.000000191. The van der Waals surface area contributed by atoms with Crippen LogP contribution in [-0.4, -0.2) is 98.2 Å². The van der Waals surface area contributed by atoms with Crippen molar-refractivity contribution in [3.63, 3.8) is 0 Å². The summed E-state index contributed by atoms with van der Waals surface area (Å²) in [6, 6.07) is 10.2. The predicted octanol–water partition coefficient (Wildman–Crippen LogP) is -2.38. The molecule has 0 N–H and O–H groups in total. The fraction of sp³-hybridized carbons (Fsp3) is 0.300. The van der Waals surface area contributed by atoms with Gasteiger partial charge in [0.2, 0.25) is 0 Å². The molecule has 176 valence electrons. The summed E-state index contributed by atoms with van der Waals surface area (Å²) < 4.78 is 20.1. The average Bonchev–Trinajstić information content (AvgIpc) is 2.77. The summed E-state index contributed by atoms with van der Waals surface area (Å²) in [6.45, 7) is 0.216. The number of hydrogen-bond acceptors (Lipinski definition) is 12. The SMILES string of the molecule is CN1CC(=O)OB(c2ccccn2)OC(=O)C1.CN1CC(=O)OB(c2ccccn2)OC(=O)C1. The molecule has 0 aromatic carbocycles. The maximum absolute atomic E-state index is 11.5. The Morgan fingerprint density at radius 3 is 1.21 bits per heavy atom. The molecule has 0 unspecified atom stereocenters. The molecule has 0 amide bonds. The highest BCUT2D eigenvalue weighted by Crippen LogP contribution is 2.01. The summed E-state index contributed by atoms with van der Waals surface area (Å²) in [7, 11) is 1.18. The zero-order valence-electron chi connectivity index (χ0n) is 18.7. The van der Waals surface area contributed by atoms with E-state index in [1.165, 1.54) is 9.80 Å². The lowest BCUT2D eigenvalue weighted by atomic mass is 9.83. The van der Waals surface area contributed by atoms with E-state index >= 15 is 0 Å². The second kappa shape index (κ2) is 11.9.